The van der Waals surface area contributed by atoms with E-state index in [0.29, 0.717) is 72.8 Å². The van der Waals surface area contributed by atoms with Gasteiger partial charge in [-0.05, 0) is 127 Å². The lowest BCUT2D eigenvalue weighted by Gasteiger charge is -2.28. The molecule has 3 aliphatic rings. The first kappa shape index (κ1) is 49.0. The Morgan fingerprint density at radius 1 is 0.769 bits per heavy atom. The van der Waals surface area contributed by atoms with E-state index in [2.05, 4.69) is 4.90 Å². The highest BCUT2D eigenvalue weighted by Gasteiger charge is 2.41. The van der Waals surface area contributed by atoms with Crippen LogP contribution < -0.4 is 9.64 Å². The molecule has 6 rings (SSSR count). The van der Waals surface area contributed by atoms with Crippen molar-refractivity contribution in [2.75, 3.05) is 11.4 Å². The minimum Gasteiger partial charge on any atom is -0.457 e. The number of hydrogen-bond acceptors (Lipinski definition) is 12. The number of nitrogens with zero attached hydrogens (tertiary/aromatic N) is 2. The molecule has 3 aromatic carbocycles. The molecular weight excluding hydrogens is 901 g/mol. The minimum absolute atomic E-state index is 0.00553. The van der Waals surface area contributed by atoms with Gasteiger partial charge in [-0.25, -0.2) is 4.79 Å². The Labute approximate surface area is 379 Å². The maximum atomic E-state index is 12.4. The van der Waals surface area contributed by atoms with Gasteiger partial charge < -0.3 is 14.5 Å². The van der Waals surface area contributed by atoms with Crippen molar-refractivity contribution in [1.29, 1.82) is 0 Å². The number of carbonyl (C=O) groups excluding carboxylic acids is 3. The highest BCUT2D eigenvalue weighted by Crippen LogP contribution is 2.49. The molecule has 0 atom stereocenters. The van der Waals surface area contributed by atoms with Crippen molar-refractivity contribution in [3.05, 3.63) is 125 Å². The molecule has 1 saturated heterocycles. The molecule has 0 spiro atoms. The lowest BCUT2D eigenvalue weighted by Crippen LogP contribution is -2.32. The van der Waals surface area contributed by atoms with Gasteiger partial charge in [0.1, 0.15) is 11.5 Å². The minimum atomic E-state index is -4.53. The number of hydrogen-bond donors (Lipinski definition) is 3. The predicted octanol–water partition coefficient (Wildman–Crippen LogP) is 7.94. The van der Waals surface area contributed by atoms with Crippen LogP contribution in [0.3, 0.4) is 0 Å². The summed E-state index contributed by atoms with van der Waals surface area (Å²) >= 11 is 0. The monoisotopic (exact) mass is 952 g/mol. The quantitative estimate of drug-likeness (QED) is 0.0661. The molecule has 1 fully saturated rings. The summed E-state index contributed by atoms with van der Waals surface area (Å²) in [5.41, 5.74) is 3.15. The molecule has 0 aromatic heterocycles. The summed E-state index contributed by atoms with van der Waals surface area (Å²) in [5.74, 6) is -0.996. The van der Waals surface area contributed by atoms with Crippen LogP contribution in [0.25, 0.3) is 0 Å². The number of rotatable bonds is 17. The number of allylic oxidation sites excluding steroid dienone is 7. The van der Waals surface area contributed by atoms with Crippen LogP contribution in [-0.2, 0) is 60.4 Å². The second kappa shape index (κ2) is 19.2. The molecule has 1 aliphatic carbocycles. The zero-order valence-electron chi connectivity index (χ0n) is 36.4. The first-order valence-electron chi connectivity index (χ1n) is 21.0. The largest absolute Gasteiger partial charge is 0.457 e. The Hall–Kier alpha value is -5.44. The number of benzene rings is 3. The van der Waals surface area contributed by atoms with Gasteiger partial charge in [-0.3, -0.25) is 23.2 Å². The van der Waals surface area contributed by atoms with Crippen LogP contribution in [0.4, 0.5) is 5.69 Å². The van der Waals surface area contributed by atoms with E-state index in [9.17, 15) is 53.3 Å². The summed E-state index contributed by atoms with van der Waals surface area (Å²) in [4.78, 5) is 42.5. The van der Waals surface area contributed by atoms with Gasteiger partial charge in [0.25, 0.3) is 42.2 Å². The van der Waals surface area contributed by atoms with E-state index in [0.717, 1.165) is 29.0 Å². The van der Waals surface area contributed by atoms with Crippen molar-refractivity contribution in [3.8, 4) is 5.75 Å². The predicted molar refractivity (Wildman–Crippen MR) is 239 cm³/mol. The SMILES string of the molecule is CC(C)(C/C=C/C1=C(Oc2ccc(S(=O)(=O)O)cc2)C(=C/C=C2/N(CCCCCC(=O)ON3C(=O)CCC3=O)c3ccc(S(=O)(=O)O)cc3C2(C)C)/CCC1)c1cccc(S(=O)(=O)O)c1. The normalized spacial score (nSPS) is 18.3. The van der Waals surface area contributed by atoms with Crippen molar-refractivity contribution in [2.45, 2.75) is 117 Å². The van der Waals surface area contributed by atoms with Gasteiger partial charge in [0.05, 0.1) is 14.7 Å². The third kappa shape index (κ3) is 11.7. The first-order valence-corrected chi connectivity index (χ1v) is 25.3. The molecular formula is C46H52N2O14S3. The van der Waals surface area contributed by atoms with E-state index in [1.165, 1.54) is 48.5 Å². The van der Waals surface area contributed by atoms with E-state index in [4.69, 9.17) is 9.57 Å². The molecule has 0 bridgehead atoms. The lowest BCUT2D eigenvalue weighted by molar-refractivity contribution is -0.197. The van der Waals surface area contributed by atoms with Crippen LogP contribution >= 0.6 is 0 Å². The number of hydroxylamine groups is 2. The number of carbonyl (C=O) groups is 3. The van der Waals surface area contributed by atoms with Crippen LogP contribution in [0.2, 0.25) is 0 Å². The van der Waals surface area contributed by atoms with Crippen molar-refractivity contribution in [2.24, 2.45) is 0 Å². The van der Waals surface area contributed by atoms with Gasteiger partial charge in [0.2, 0.25) is 0 Å². The standard InChI is InChI=1S/C46H52N2O14S3/c1-45(2,33-14-9-15-36(29-33)64(55,56)57)27-10-13-31-11-8-12-32(44(31)61-34-18-20-35(21-19-34)63(52,53)54)17-24-40-46(3,4)38-30-37(65(58,59)60)22-23-39(38)47(40)28-7-5-6-16-43(51)62-48-41(49)25-26-42(48)50/h9-10,13-15,17-24,29-30H,5-8,11-12,16,25-28H2,1-4H3,(H,52,53,54)(H,55,56,57)(H,58,59,60)/b13-10+,32-17+,40-24+. The highest BCUT2D eigenvalue weighted by molar-refractivity contribution is 7.86. The molecule has 2 aliphatic heterocycles. The summed E-state index contributed by atoms with van der Waals surface area (Å²) in [6.07, 6.45) is 11.7. The van der Waals surface area contributed by atoms with Gasteiger partial charge in [-0.2, -0.15) is 25.3 Å². The zero-order chi connectivity index (χ0) is 47.5. The lowest BCUT2D eigenvalue weighted by atomic mass is 9.81. The summed E-state index contributed by atoms with van der Waals surface area (Å²) in [5, 5.41) is 0.522. The molecule has 65 heavy (non-hydrogen) atoms. The van der Waals surface area contributed by atoms with Crippen molar-refractivity contribution < 1.29 is 62.9 Å². The van der Waals surface area contributed by atoms with Crippen molar-refractivity contribution in [1.82, 2.24) is 5.06 Å². The number of anilines is 1. The molecule has 16 nitrogen and oxygen atoms in total. The van der Waals surface area contributed by atoms with E-state index < -0.39 is 59.0 Å². The molecule has 19 heteroatoms. The Kier molecular flexibility index (Phi) is 14.5. The van der Waals surface area contributed by atoms with Crippen LogP contribution in [0.5, 0.6) is 5.75 Å². The fraction of sp³-hybridized carbons (Fsp3) is 0.370. The van der Waals surface area contributed by atoms with Gasteiger partial charge in [0, 0.05) is 42.6 Å². The molecule has 0 saturated carbocycles. The number of unbranched alkanes of at least 4 members (excludes halogenated alkanes) is 2. The van der Waals surface area contributed by atoms with Gasteiger partial charge in [-0.15, -0.1) is 5.06 Å². The van der Waals surface area contributed by atoms with Gasteiger partial charge in [0.15, 0.2) is 0 Å². The number of fused-ring (bicyclic) bond motifs is 1. The molecule has 2 heterocycles. The first-order chi connectivity index (χ1) is 30.4. The van der Waals surface area contributed by atoms with E-state index in [1.54, 1.807) is 18.2 Å². The maximum Gasteiger partial charge on any atom is 0.333 e. The Bertz CT molecular complexity index is 2830. The molecule has 3 N–H and O–H groups in total. The number of ether oxygens (including phenoxy) is 1. The third-order valence-electron chi connectivity index (χ3n) is 11.7. The number of imide groups is 1. The second-order valence-corrected chi connectivity index (χ2v) is 21.5. The fourth-order valence-electron chi connectivity index (χ4n) is 8.10. The number of amides is 2. The van der Waals surface area contributed by atoms with E-state index in [1.807, 2.05) is 52.0 Å². The van der Waals surface area contributed by atoms with Crippen molar-refractivity contribution >= 4 is 53.8 Å². The molecule has 2 amide bonds. The van der Waals surface area contributed by atoms with Crippen molar-refractivity contribution in [3.63, 3.8) is 0 Å². The highest BCUT2D eigenvalue weighted by atomic mass is 32.2. The molecule has 0 unspecified atom stereocenters. The Balaban J connectivity index is 1.32. The fourth-order valence-corrected chi connectivity index (χ4v) is 9.61. The molecule has 348 valence electrons. The Morgan fingerprint density at radius 2 is 1.40 bits per heavy atom. The zero-order valence-corrected chi connectivity index (χ0v) is 38.8. The average Bonchev–Trinajstić information content (AvgIpc) is 3.65. The summed E-state index contributed by atoms with van der Waals surface area (Å²) < 4.78 is 108. The smallest absolute Gasteiger partial charge is 0.333 e. The van der Waals surface area contributed by atoms with Crippen LogP contribution in [0.15, 0.2) is 128 Å². The molecule has 0 radical (unpaired) electrons. The third-order valence-corrected chi connectivity index (χ3v) is 14.3. The topological polar surface area (TPSA) is 239 Å². The van der Waals surface area contributed by atoms with Crippen LogP contribution in [0, 0.1) is 0 Å². The van der Waals surface area contributed by atoms with E-state index >= 15 is 0 Å². The van der Waals surface area contributed by atoms with Crippen LogP contribution in [-0.4, -0.2) is 68.3 Å². The molecule has 3 aromatic rings. The average molecular weight is 953 g/mol. The second-order valence-electron chi connectivity index (χ2n) is 17.3. The van der Waals surface area contributed by atoms with E-state index in [-0.39, 0.29) is 33.9 Å². The van der Waals surface area contributed by atoms with Gasteiger partial charge in [-0.1, -0.05) is 64.5 Å². The summed E-state index contributed by atoms with van der Waals surface area (Å²) in [7, 11) is -13.4. The van der Waals surface area contributed by atoms with Gasteiger partial charge >= 0.3 is 5.97 Å². The summed E-state index contributed by atoms with van der Waals surface area (Å²) in [6.45, 7) is 8.22. The Morgan fingerprint density at radius 3 is 2.05 bits per heavy atom. The van der Waals surface area contributed by atoms with Crippen LogP contribution in [0.1, 0.15) is 103 Å². The maximum absolute atomic E-state index is 12.4. The summed E-state index contributed by atoms with van der Waals surface area (Å²) in [6, 6.07) is 15.9.